The van der Waals surface area contributed by atoms with Crippen molar-refractivity contribution in [3.05, 3.63) is 29.8 Å². The minimum Gasteiger partial charge on any atom is -0.364 e. The third kappa shape index (κ3) is 2.15. The van der Waals surface area contributed by atoms with Crippen molar-refractivity contribution < 1.29 is 4.79 Å². The van der Waals surface area contributed by atoms with Crippen molar-refractivity contribution in [1.82, 2.24) is 5.32 Å². The molecule has 2 rings (SSSR count). The summed E-state index contributed by atoms with van der Waals surface area (Å²) >= 11 is 0. The number of aryl methyl sites for hydroxylation is 1. The van der Waals surface area contributed by atoms with Crippen LogP contribution in [0.25, 0.3) is 0 Å². The van der Waals surface area contributed by atoms with Crippen LogP contribution >= 0.6 is 0 Å². The van der Waals surface area contributed by atoms with Gasteiger partial charge in [0.25, 0.3) is 5.91 Å². The van der Waals surface area contributed by atoms with Crippen LogP contribution in [0.1, 0.15) is 5.56 Å². The van der Waals surface area contributed by atoms with Crippen LogP contribution in [0.5, 0.6) is 0 Å². The lowest BCUT2D eigenvalue weighted by Crippen LogP contribution is -2.32. The molecule has 0 unspecified atom stereocenters. The van der Waals surface area contributed by atoms with E-state index in [1.807, 2.05) is 31.2 Å². The number of amides is 1. The lowest BCUT2D eigenvalue weighted by atomic mass is 10.2. The predicted molar refractivity (Wildman–Crippen MR) is 60.1 cm³/mol. The van der Waals surface area contributed by atoms with E-state index in [-0.39, 0.29) is 5.91 Å². The fourth-order valence-corrected chi connectivity index (χ4v) is 1.44. The number of para-hydroxylation sites is 1. The first kappa shape index (κ1) is 9.71. The van der Waals surface area contributed by atoms with Gasteiger partial charge in [-0.25, -0.2) is 0 Å². The second kappa shape index (κ2) is 4.13. The summed E-state index contributed by atoms with van der Waals surface area (Å²) < 4.78 is 0. The van der Waals surface area contributed by atoms with Crippen LogP contribution in [0.4, 0.5) is 5.69 Å². The van der Waals surface area contributed by atoms with E-state index in [0.29, 0.717) is 12.4 Å². The summed E-state index contributed by atoms with van der Waals surface area (Å²) in [7, 11) is 0. The van der Waals surface area contributed by atoms with E-state index in [9.17, 15) is 4.79 Å². The van der Waals surface area contributed by atoms with Gasteiger partial charge in [-0.2, -0.15) is 0 Å². The highest BCUT2D eigenvalue weighted by atomic mass is 16.2. The van der Waals surface area contributed by atoms with Crippen LogP contribution in [-0.4, -0.2) is 24.8 Å². The molecule has 0 saturated heterocycles. The van der Waals surface area contributed by atoms with Crippen LogP contribution in [0, 0.1) is 6.92 Å². The number of benzene rings is 1. The molecule has 0 bridgehead atoms. The highest BCUT2D eigenvalue weighted by Crippen LogP contribution is 2.12. The van der Waals surface area contributed by atoms with Crippen LogP contribution < -0.4 is 10.6 Å². The van der Waals surface area contributed by atoms with Crippen LogP contribution in [0.15, 0.2) is 29.3 Å². The highest BCUT2D eigenvalue weighted by molar-refractivity contribution is 6.42. The summed E-state index contributed by atoms with van der Waals surface area (Å²) in [5, 5.41) is 5.75. The lowest BCUT2D eigenvalue weighted by molar-refractivity contribution is -0.110. The number of nitrogens with one attached hydrogen (secondary N) is 2. The first-order valence-electron chi connectivity index (χ1n) is 4.92. The molecule has 0 aromatic heterocycles. The average Bonchev–Trinajstić information content (AvgIpc) is 2.74. The Labute approximate surface area is 88.4 Å². The van der Waals surface area contributed by atoms with Crippen molar-refractivity contribution >= 4 is 17.4 Å². The Kier molecular flexibility index (Phi) is 2.67. The maximum atomic E-state index is 11.7. The SMILES string of the molecule is Cc1ccccc1NC(=O)C1=NCCN1. The van der Waals surface area contributed by atoms with Gasteiger partial charge in [0.15, 0.2) is 5.84 Å². The molecule has 78 valence electrons. The molecule has 1 aromatic carbocycles. The second-order valence-electron chi connectivity index (χ2n) is 3.43. The third-order valence-electron chi connectivity index (χ3n) is 2.28. The maximum Gasteiger partial charge on any atom is 0.290 e. The van der Waals surface area contributed by atoms with E-state index in [4.69, 9.17) is 0 Å². The summed E-state index contributed by atoms with van der Waals surface area (Å²) in [6, 6.07) is 7.67. The Balaban J connectivity index is 2.09. The minimum absolute atomic E-state index is 0.165. The molecular formula is C11H13N3O. The molecule has 0 spiro atoms. The summed E-state index contributed by atoms with van der Waals surface area (Å²) in [6.07, 6.45) is 0. The molecule has 0 fully saturated rings. The van der Waals surface area contributed by atoms with Gasteiger partial charge in [-0.15, -0.1) is 0 Å². The molecule has 4 heteroatoms. The molecule has 1 amide bonds. The zero-order valence-electron chi connectivity index (χ0n) is 8.58. The summed E-state index contributed by atoms with van der Waals surface area (Å²) in [5.41, 5.74) is 1.88. The zero-order chi connectivity index (χ0) is 10.7. The van der Waals surface area contributed by atoms with Crippen molar-refractivity contribution in [2.24, 2.45) is 4.99 Å². The lowest BCUT2D eigenvalue weighted by Gasteiger charge is -2.07. The molecule has 1 aromatic rings. The number of amidine groups is 1. The standard InChI is InChI=1S/C11H13N3O/c1-8-4-2-3-5-9(8)14-11(15)10-12-6-7-13-10/h2-5H,6-7H2,1H3,(H,12,13)(H,14,15). The number of hydrogen-bond donors (Lipinski definition) is 2. The minimum atomic E-state index is -0.165. The second-order valence-corrected chi connectivity index (χ2v) is 3.43. The number of anilines is 1. The highest BCUT2D eigenvalue weighted by Gasteiger charge is 2.14. The normalized spacial score (nSPS) is 14.3. The molecule has 2 N–H and O–H groups in total. The number of nitrogens with zero attached hydrogens (tertiary/aromatic N) is 1. The first-order chi connectivity index (χ1) is 7.27. The number of carbonyl (C=O) groups is 1. The fraction of sp³-hybridized carbons (Fsp3) is 0.273. The van der Waals surface area contributed by atoms with Gasteiger partial charge in [-0.1, -0.05) is 18.2 Å². The molecule has 1 heterocycles. The Hall–Kier alpha value is -1.84. The predicted octanol–water partition coefficient (Wildman–Crippen LogP) is 0.935. The quantitative estimate of drug-likeness (QED) is 0.751. The van der Waals surface area contributed by atoms with E-state index >= 15 is 0 Å². The smallest absolute Gasteiger partial charge is 0.290 e. The number of aliphatic imine (C=N–C) groups is 1. The van der Waals surface area contributed by atoms with E-state index < -0.39 is 0 Å². The molecule has 1 aliphatic heterocycles. The van der Waals surface area contributed by atoms with Crippen molar-refractivity contribution in [2.45, 2.75) is 6.92 Å². The van der Waals surface area contributed by atoms with Gasteiger partial charge in [0.2, 0.25) is 0 Å². The van der Waals surface area contributed by atoms with Crippen molar-refractivity contribution in [1.29, 1.82) is 0 Å². The fourth-order valence-electron chi connectivity index (χ4n) is 1.44. The average molecular weight is 203 g/mol. The summed E-state index contributed by atoms with van der Waals surface area (Å²) in [4.78, 5) is 15.7. The Morgan fingerprint density at radius 2 is 2.27 bits per heavy atom. The van der Waals surface area contributed by atoms with Crippen LogP contribution in [-0.2, 0) is 4.79 Å². The molecular weight excluding hydrogens is 190 g/mol. The van der Waals surface area contributed by atoms with Gasteiger partial charge >= 0.3 is 0 Å². The van der Waals surface area contributed by atoms with E-state index in [2.05, 4.69) is 15.6 Å². The molecule has 0 radical (unpaired) electrons. The molecule has 0 saturated carbocycles. The van der Waals surface area contributed by atoms with E-state index in [0.717, 1.165) is 17.8 Å². The third-order valence-corrected chi connectivity index (χ3v) is 2.28. The van der Waals surface area contributed by atoms with E-state index in [1.54, 1.807) is 0 Å². The van der Waals surface area contributed by atoms with Gasteiger partial charge < -0.3 is 10.6 Å². The molecule has 4 nitrogen and oxygen atoms in total. The zero-order valence-corrected chi connectivity index (χ0v) is 8.58. The Morgan fingerprint density at radius 1 is 1.47 bits per heavy atom. The van der Waals surface area contributed by atoms with Crippen LogP contribution in [0.3, 0.4) is 0 Å². The number of rotatable bonds is 2. The largest absolute Gasteiger partial charge is 0.364 e. The number of hydrogen-bond acceptors (Lipinski definition) is 3. The van der Waals surface area contributed by atoms with E-state index in [1.165, 1.54) is 0 Å². The van der Waals surface area contributed by atoms with Gasteiger partial charge in [0, 0.05) is 12.2 Å². The molecule has 1 aliphatic rings. The van der Waals surface area contributed by atoms with Gasteiger partial charge in [0.05, 0.1) is 6.54 Å². The van der Waals surface area contributed by atoms with Gasteiger partial charge in [-0.3, -0.25) is 9.79 Å². The first-order valence-corrected chi connectivity index (χ1v) is 4.92. The van der Waals surface area contributed by atoms with Crippen molar-refractivity contribution in [2.75, 3.05) is 18.4 Å². The van der Waals surface area contributed by atoms with Gasteiger partial charge in [0.1, 0.15) is 0 Å². The Bertz CT molecular complexity index is 412. The summed E-state index contributed by atoms with van der Waals surface area (Å²) in [5.74, 6) is 0.264. The number of carbonyl (C=O) groups excluding carboxylic acids is 1. The summed E-state index contributed by atoms with van der Waals surface area (Å²) in [6.45, 7) is 3.38. The van der Waals surface area contributed by atoms with Crippen LogP contribution in [0.2, 0.25) is 0 Å². The topological polar surface area (TPSA) is 53.5 Å². The Morgan fingerprint density at radius 3 is 2.93 bits per heavy atom. The molecule has 15 heavy (non-hydrogen) atoms. The van der Waals surface area contributed by atoms with Crippen molar-refractivity contribution in [3.63, 3.8) is 0 Å². The molecule has 0 atom stereocenters. The monoisotopic (exact) mass is 203 g/mol. The molecule has 0 aliphatic carbocycles. The van der Waals surface area contributed by atoms with Gasteiger partial charge in [-0.05, 0) is 18.6 Å². The maximum absolute atomic E-state index is 11.7. The van der Waals surface area contributed by atoms with Crippen molar-refractivity contribution in [3.8, 4) is 0 Å².